The van der Waals surface area contributed by atoms with Gasteiger partial charge in [-0.15, -0.1) is 0 Å². The number of para-hydroxylation sites is 1. The van der Waals surface area contributed by atoms with Crippen molar-refractivity contribution >= 4 is 24.4 Å². The van der Waals surface area contributed by atoms with Gasteiger partial charge in [0.2, 0.25) is 0 Å². The van der Waals surface area contributed by atoms with Gasteiger partial charge in [0.15, 0.2) is 0 Å². The monoisotopic (exact) mass is 503 g/mol. The smallest absolute Gasteiger partial charge is 0.131 e. The van der Waals surface area contributed by atoms with Crippen LogP contribution in [0.1, 0.15) is 16.7 Å². The number of nitrogens with two attached hydrogens (primary N) is 1. The second kappa shape index (κ2) is 8.62. The molecule has 4 nitrogen and oxygen atoms in total. The van der Waals surface area contributed by atoms with Gasteiger partial charge in [0, 0.05) is 16.6 Å². The van der Waals surface area contributed by atoms with Gasteiger partial charge >= 0.3 is 0 Å². The molecular weight excluding hydrogens is 477 g/mol. The van der Waals surface area contributed by atoms with E-state index in [-0.39, 0.29) is 11.5 Å². The molecular formula is C32H26NO3P. The maximum Gasteiger partial charge on any atom is 0.131 e. The molecule has 5 heteroatoms. The van der Waals surface area contributed by atoms with E-state index in [1.807, 2.05) is 78.9 Å². The molecule has 5 aromatic rings. The van der Waals surface area contributed by atoms with Gasteiger partial charge in [0.05, 0.1) is 7.11 Å². The minimum absolute atomic E-state index is 0.174. The Labute approximate surface area is 216 Å². The zero-order valence-electron chi connectivity index (χ0n) is 20.1. The van der Waals surface area contributed by atoms with Crippen molar-refractivity contribution in [2.24, 2.45) is 0 Å². The molecule has 182 valence electrons. The van der Waals surface area contributed by atoms with Crippen molar-refractivity contribution in [1.29, 1.82) is 0 Å². The summed E-state index contributed by atoms with van der Waals surface area (Å²) in [5, 5.41) is 20.6. The largest absolute Gasteiger partial charge is 0.508 e. The molecule has 37 heavy (non-hydrogen) atoms. The van der Waals surface area contributed by atoms with Crippen molar-refractivity contribution in [3.63, 3.8) is 0 Å². The summed E-state index contributed by atoms with van der Waals surface area (Å²) in [6.07, 6.45) is 4.97. The number of anilines is 1. The first-order chi connectivity index (χ1) is 17.9. The van der Waals surface area contributed by atoms with Gasteiger partial charge in [-0.1, -0.05) is 85.2 Å². The molecule has 5 aromatic carbocycles. The molecule has 1 aliphatic heterocycles. The first-order valence-electron chi connectivity index (χ1n) is 12.0. The number of hydrogen-bond donors (Lipinski definition) is 3. The third-order valence-electron chi connectivity index (χ3n) is 7.17. The molecule has 0 spiro atoms. The highest BCUT2D eigenvalue weighted by molar-refractivity contribution is 7.78. The summed E-state index contributed by atoms with van der Waals surface area (Å²) in [6.45, 7) is 0. The van der Waals surface area contributed by atoms with Crippen LogP contribution in [-0.2, 0) is 5.16 Å². The van der Waals surface area contributed by atoms with Crippen molar-refractivity contribution in [3.8, 4) is 28.4 Å². The average Bonchev–Trinajstić information content (AvgIpc) is 2.92. The normalized spacial score (nSPS) is 16.3. The highest BCUT2D eigenvalue weighted by Crippen LogP contribution is 2.71. The van der Waals surface area contributed by atoms with E-state index in [4.69, 9.17) is 16.6 Å². The quantitative estimate of drug-likeness (QED) is 0.145. The Morgan fingerprint density at radius 2 is 1.05 bits per heavy atom. The van der Waals surface area contributed by atoms with Crippen LogP contribution in [0.2, 0.25) is 0 Å². The van der Waals surface area contributed by atoms with Crippen LogP contribution in [0.3, 0.4) is 0 Å². The van der Waals surface area contributed by atoms with E-state index in [2.05, 4.69) is 18.2 Å². The van der Waals surface area contributed by atoms with Crippen LogP contribution in [0, 0.1) is 0 Å². The van der Waals surface area contributed by atoms with E-state index in [1.54, 1.807) is 24.3 Å². The molecule has 0 amide bonds. The molecule has 0 saturated heterocycles. The van der Waals surface area contributed by atoms with Gasteiger partial charge < -0.3 is 20.5 Å². The van der Waals surface area contributed by atoms with E-state index < -0.39 is 12.3 Å². The Morgan fingerprint density at radius 1 is 0.595 bits per heavy atom. The SMILES string of the molecule is C=P1(C(c2ccc(N)cc2)(c2ccc(O)cc2)c2ccc(O)cc2)Oc2ccccc2-c2ccccc21. The number of rotatable bonds is 4. The minimum Gasteiger partial charge on any atom is -0.508 e. The molecule has 1 heterocycles. The van der Waals surface area contributed by atoms with E-state index in [9.17, 15) is 10.2 Å². The van der Waals surface area contributed by atoms with Gasteiger partial charge in [-0.3, -0.25) is 0 Å². The third kappa shape index (κ3) is 3.45. The van der Waals surface area contributed by atoms with Crippen LogP contribution in [0.5, 0.6) is 17.2 Å². The van der Waals surface area contributed by atoms with Gasteiger partial charge in [-0.2, -0.15) is 0 Å². The van der Waals surface area contributed by atoms with Crippen molar-refractivity contribution in [1.82, 2.24) is 0 Å². The molecule has 1 unspecified atom stereocenters. The van der Waals surface area contributed by atoms with E-state index in [0.29, 0.717) is 5.69 Å². The number of benzene rings is 5. The van der Waals surface area contributed by atoms with Crippen LogP contribution in [0.4, 0.5) is 5.69 Å². The fourth-order valence-corrected chi connectivity index (χ4v) is 9.21. The molecule has 0 aliphatic carbocycles. The lowest BCUT2D eigenvalue weighted by molar-refractivity contribution is 0.475. The molecule has 0 bridgehead atoms. The lowest BCUT2D eigenvalue weighted by Crippen LogP contribution is -2.38. The fraction of sp³-hybridized carbons (Fsp3) is 0.0312. The van der Waals surface area contributed by atoms with E-state index in [1.165, 1.54) is 0 Å². The van der Waals surface area contributed by atoms with Crippen LogP contribution < -0.4 is 15.6 Å². The molecule has 4 N–H and O–H groups in total. The maximum atomic E-state index is 10.2. The lowest BCUT2D eigenvalue weighted by Gasteiger charge is -2.49. The number of fused-ring (bicyclic) bond motifs is 3. The molecule has 0 radical (unpaired) electrons. The second-order valence-electron chi connectivity index (χ2n) is 9.27. The van der Waals surface area contributed by atoms with Crippen molar-refractivity contribution in [2.45, 2.75) is 5.16 Å². The third-order valence-corrected chi connectivity index (χ3v) is 10.7. The van der Waals surface area contributed by atoms with E-state index >= 15 is 0 Å². The van der Waals surface area contributed by atoms with Gasteiger partial charge in [-0.25, -0.2) is 0 Å². The summed E-state index contributed by atoms with van der Waals surface area (Å²) >= 11 is 0. The summed E-state index contributed by atoms with van der Waals surface area (Å²) < 4.78 is 7.11. The Morgan fingerprint density at radius 3 is 1.62 bits per heavy atom. The zero-order valence-corrected chi connectivity index (χ0v) is 21.0. The highest BCUT2D eigenvalue weighted by atomic mass is 31.2. The number of nitrogen functional groups attached to an aromatic ring is 1. The Bertz CT molecular complexity index is 1530. The van der Waals surface area contributed by atoms with Crippen molar-refractivity contribution < 1.29 is 14.7 Å². The molecule has 0 saturated carbocycles. The number of aromatic hydroxyl groups is 2. The highest BCUT2D eigenvalue weighted by Gasteiger charge is 2.52. The summed E-state index contributed by atoms with van der Waals surface area (Å²) in [7, 11) is -2.89. The average molecular weight is 504 g/mol. The zero-order chi connectivity index (χ0) is 25.6. The van der Waals surface area contributed by atoms with Gasteiger partial charge in [0.1, 0.15) is 22.4 Å². The minimum atomic E-state index is -2.89. The molecule has 1 atom stereocenters. The topological polar surface area (TPSA) is 75.7 Å². The Balaban J connectivity index is 1.79. The first kappa shape index (κ1) is 23.0. The second-order valence-corrected chi connectivity index (χ2v) is 12.1. The molecule has 0 aromatic heterocycles. The number of phenols is 2. The Kier molecular flexibility index (Phi) is 5.36. The molecule has 6 rings (SSSR count). The van der Waals surface area contributed by atoms with Crippen LogP contribution in [-0.4, -0.2) is 16.5 Å². The summed E-state index contributed by atoms with van der Waals surface area (Å²) in [5.74, 6) is 1.13. The van der Waals surface area contributed by atoms with Crippen LogP contribution in [0.25, 0.3) is 11.1 Å². The van der Waals surface area contributed by atoms with Crippen molar-refractivity contribution in [3.05, 3.63) is 138 Å². The summed E-state index contributed by atoms with van der Waals surface area (Å²) in [5.41, 5.74) is 11.7. The van der Waals surface area contributed by atoms with Crippen LogP contribution in [0.15, 0.2) is 121 Å². The lowest BCUT2D eigenvalue weighted by atomic mass is 9.83. The number of hydrogen-bond acceptors (Lipinski definition) is 4. The fourth-order valence-electron chi connectivity index (χ4n) is 5.51. The van der Waals surface area contributed by atoms with Gasteiger partial charge in [-0.05, 0) is 64.7 Å². The predicted molar refractivity (Wildman–Crippen MR) is 153 cm³/mol. The summed E-state index contributed by atoms with van der Waals surface area (Å²) in [4.78, 5) is 0. The first-order valence-corrected chi connectivity index (χ1v) is 13.9. The standard InChI is InChI=1S/C32H26NO3P/c1-37(31-9-5-3-7-29(31)28-6-2-4-8-30(28)36-37)32(22-10-16-25(33)17-11-22,23-12-18-26(34)19-13-23)24-14-20-27(35)21-15-24/h2-21,34-35H,1,33H2. The number of phenolic OH excluding ortho intramolecular Hbond substituents is 2. The van der Waals surface area contributed by atoms with Crippen molar-refractivity contribution in [2.75, 3.05) is 5.73 Å². The van der Waals surface area contributed by atoms with Crippen LogP contribution >= 0.6 is 7.11 Å². The maximum absolute atomic E-state index is 10.2. The van der Waals surface area contributed by atoms with Gasteiger partial charge in [0.25, 0.3) is 0 Å². The summed E-state index contributed by atoms with van der Waals surface area (Å²) in [6, 6.07) is 38.7. The predicted octanol–water partition coefficient (Wildman–Crippen LogP) is 6.72. The molecule has 1 aliphatic rings. The Hall–Kier alpha value is -4.40. The van der Waals surface area contributed by atoms with E-state index in [0.717, 1.165) is 38.9 Å². The molecule has 0 fully saturated rings.